The lowest BCUT2D eigenvalue weighted by molar-refractivity contribution is 0.519. The number of nitrogens with one attached hydrogen (secondary N) is 1. The van der Waals surface area contributed by atoms with Gasteiger partial charge in [0.25, 0.3) is 0 Å². The second kappa shape index (κ2) is 6.10. The molecule has 0 saturated carbocycles. The summed E-state index contributed by atoms with van der Waals surface area (Å²) in [5.74, 6) is 0.561. The van der Waals surface area contributed by atoms with Crippen molar-refractivity contribution in [2.45, 2.75) is 19.8 Å². The highest BCUT2D eigenvalue weighted by Gasteiger charge is 2.07. The molecular formula is C18H21N3. The van der Waals surface area contributed by atoms with E-state index >= 15 is 0 Å². The first kappa shape index (κ1) is 13.8. The van der Waals surface area contributed by atoms with E-state index in [1.807, 2.05) is 12.4 Å². The summed E-state index contributed by atoms with van der Waals surface area (Å²) in [7, 11) is 0. The highest BCUT2D eigenvalue weighted by atomic mass is 14.8. The van der Waals surface area contributed by atoms with E-state index in [1.165, 1.54) is 11.1 Å². The number of pyridine rings is 1. The fraction of sp³-hybridized carbons (Fsp3) is 0.278. The molecule has 3 rings (SSSR count). The van der Waals surface area contributed by atoms with Crippen LogP contribution >= 0.6 is 0 Å². The third kappa shape index (κ3) is 2.98. The molecule has 0 aliphatic carbocycles. The summed E-state index contributed by atoms with van der Waals surface area (Å²) in [5.41, 5.74) is 10.5. The highest BCUT2D eigenvalue weighted by molar-refractivity contribution is 5.81. The first-order chi connectivity index (χ1) is 10.3. The molecule has 3 nitrogen and oxygen atoms in total. The molecule has 2 aromatic heterocycles. The maximum atomic E-state index is 5.82. The molecule has 21 heavy (non-hydrogen) atoms. The minimum atomic E-state index is 0.561. The second-order valence-electron chi connectivity index (χ2n) is 5.55. The Morgan fingerprint density at radius 1 is 1.19 bits per heavy atom. The minimum absolute atomic E-state index is 0.561. The van der Waals surface area contributed by atoms with Crippen LogP contribution < -0.4 is 5.73 Å². The van der Waals surface area contributed by atoms with Crippen LogP contribution in [0, 0.1) is 5.92 Å². The summed E-state index contributed by atoms with van der Waals surface area (Å²) in [6.45, 7) is 2.95. The summed E-state index contributed by atoms with van der Waals surface area (Å²) in [4.78, 5) is 7.59. The van der Waals surface area contributed by atoms with Crippen LogP contribution in [-0.2, 0) is 6.42 Å². The van der Waals surface area contributed by atoms with Gasteiger partial charge in [0.05, 0.1) is 0 Å². The summed E-state index contributed by atoms with van der Waals surface area (Å²) >= 11 is 0. The van der Waals surface area contributed by atoms with Crippen molar-refractivity contribution in [1.29, 1.82) is 0 Å². The predicted octanol–water partition coefficient (Wildman–Crippen LogP) is 3.76. The zero-order valence-electron chi connectivity index (χ0n) is 12.3. The van der Waals surface area contributed by atoms with E-state index in [1.54, 1.807) is 0 Å². The van der Waals surface area contributed by atoms with Crippen molar-refractivity contribution in [2.24, 2.45) is 11.7 Å². The van der Waals surface area contributed by atoms with Gasteiger partial charge in [-0.1, -0.05) is 37.6 Å². The third-order valence-electron chi connectivity index (χ3n) is 4.10. The van der Waals surface area contributed by atoms with Gasteiger partial charge in [-0.05, 0) is 42.1 Å². The quantitative estimate of drug-likeness (QED) is 0.747. The Morgan fingerprint density at radius 2 is 2.10 bits per heavy atom. The lowest BCUT2D eigenvalue weighted by atomic mass is 9.95. The molecule has 3 N–H and O–H groups in total. The Balaban J connectivity index is 1.91. The topological polar surface area (TPSA) is 54.7 Å². The molecule has 0 fully saturated rings. The van der Waals surface area contributed by atoms with Gasteiger partial charge in [-0.25, -0.2) is 4.98 Å². The largest absolute Gasteiger partial charge is 0.346 e. The fourth-order valence-electron chi connectivity index (χ4n) is 2.70. The van der Waals surface area contributed by atoms with Gasteiger partial charge in [-0.2, -0.15) is 0 Å². The van der Waals surface area contributed by atoms with Crippen LogP contribution in [0.2, 0.25) is 0 Å². The van der Waals surface area contributed by atoms with E-state index in [4.69, 9.17) is 5.73 Å². The number of aromatic nitrogens is 2. The number of hydrogen-bond acceptors (Lipinski definition) is 2. The molecule has 2 heterocycles. The molecule has 1 unspecified atom stereocenters. The minimum Gasteiger partial charge on any atom is -0.346 e. The van der Waals surface area contributed by atoms with Crippen LogP contribution in [0.4, 0.5) is 0 Å². The Bertz CT molecular complexity index is 726. The summed E-state index contributed by atoms with van der Waals surface area (Å²) in [6.07, 6.45) is 6.02. The Kier molecular flexibility index (Phi) is 4.02. The molecule has 0 bridgehead atoms. The van der Waals surface area contributed by atoms with Crippen molar-refractivity contribution in [3.63, 3.8) is 0 Å². The average molecular weight is 279 g/mol. The lowest BCUT2D eigenvalue weighted by Crippen LogP contribution is -2.15. The number of aromatic amines is 1. The number of hydrogen-bond donors (Lipinski definition) is 2. The summed E-state index contributed by atoms with van der Waals surface area (Å²) < 4.78 is 0. The molecule has 108 valence electrons. The van der Waals surface area contributed by atoms with Crippen molar-refractivity contribution in [1.82, 2.24) is 9.97 Å². The Labute approximate surface area is 125 Å². The number of rotatable bonds is 5. The van der Waals surface area contributed by atoms with Crippen LogP contribution in [-0.4, -0.2) is 16.5 Å². The van der Waals surface area contributed by atoms with Crippen molar-refractivity contribution in [2.75, 3.05) is 6.54 Å². The average Bonchev–Trinajstić information content (AvgIpc) is 3.00. The van der Waals surface area contributed by atoms with Crippen LogP contribution in [0.15, 0.2) is 48.8 Å². The number of H-pyrrole nitrogens is 1. The standard InChI is InChI=1S/C18H21N3/c1-2-13(11-19)8-14-4-3-5-15(9-14)17-10-16-6-7-20-18(16)21-12-17/h3-7,9-10,12-13H,2,8,11,19H2,1H3,(H,20,21). The summed E-state index contributed by atoms with van der Waals surface area (Å²) in [5, 5.41) is 1.14. The highest BCUT2D eigenvalue weighted by Crippen LogP contribution is 2.24. The van der Waals surface area contributed by atoms with Gasteiger partial charge in [-0.3, -0.25) is 0 Å². The SMILES string of the molecule is CCC(CN)Cc1cccc(-c2cnc3[nH]ccc3c2)c1. The normalized spacial score (nSPS) is 12.7. The predicted molar refractivity (Wildman–Crippen MR) is 88.1 cm³/mol. The van der Waals surface area contributed by atoms with Gasteiger partial charge in [0.2, 0.25) is 0 Å². The van der Waals surface area contributed by atoms with E-state index < -0.39 is 0 Å². The molecule has 0 saturated heterocycles. The molecule has 0 spiro atoms. The zero-order chi connectivity index (χ0) is 14.7. The van der Waals surface area contributed by atoms with E-state index in [0.29, 0.717) is 5.92 Å². The summed E-state index contributed by atoms with van der Waals surface area (Å²) in [6, 6.07) is 12.9. The molecular weight excluding hydrogens is 258 g/mol. The maximum Gasteiger partial charge on any atom is 0.137 e. The molecule has 0 aliphatic rings. The van der Waals surface area contributed by atoms with Crippen molar-refractivity contribution in [3.8, 4) is 11.1 Å². The van der Waals surface area contributed by atoms with Crippen LogP contribution in [0.3, 0.4) is 0 Å². The van der Waals surface area contributed by atoms with Crippen molar-refractivity contribution >= 4 is 11.0 Å². The van der Waals surface area contributed by atoms with Crippen molar-refractivity contribution in [3.05, 3.63) is 54.4 Å². The Morgan fingerprint density at radius 3 is 2.90 bits per heavy atom. The smallest absolute Gasteiger partial charge is 0.137 e. The van der Waals surface area contributed by atoms with Gasteiger partial charge in [-0.15, -0.1) is 0 Å². The van der Waals surface area contributed by atoms with Crippen LogP contribution in [0.1, 0.15) is 18.9 Å². The van der Waals surface area contributed by atoms with Crippen LogP contribution in [0.25, 0.3) is 22.2 Å². The van der Waals surface area contributed by atoms with Gasteiger partial charge in [0.1, 0.15) is 5.65 Å². The van der Waals surface area contributed by atoms with Gasteiger partial charge in [0, 0.05) is 23.3 Å². The number of nitrogens with zero attached hydrogens (tertiary/aromatic N) is 1. The number of nitrogens with two attached hydrogens (primary N) is 1. The Hall–Kier alpha value is -2.13. The first-order valence-corrected chi connectivity index (χ1v) is 7.52. The molecule has 3 aromatic rings. The number of benzene rings is 1. The van der Waals surface area contributed by atoms with Crippen LogP contribution in [0.5, 0.6) is 0 Å². The van der Waals surface area contributed by atoms with Gasteiger partial charge < -0.3 is 10.7 Å². The zero-order valence-corrected chi connectivity index (χ0v) is 12.3. The van der Waals surface area contributed by atoms with E-state index in [0.717, 1.165) is 36.0 Å². The molecule has 0 aliphatic heterocycles. The van der Waals surface area contributed by atoms with Gasteiger partial charge in [0.15, 0.2) is 0 Å². The number of fused-ring (bicyclic) bond motifs is 1. The molecule has 3 heteroatoms. The van der Waals surface area contributed by atoms with E-state index in [-0.39, 0.29) is 0 Å². The van der Waals surface area contributed by atoms with E-state index in [2.05, 4.69) is 53.3 Å². The monoisotopic (exact) mass is 279 g/mol. The van der Waals surface area contributed by atoms with Gasteiger partial charge >= 0.3 is 0 Å². The molecule has 1 atom stereocenters. The molecule has 0 amide bonds. The fourth-order valence-corrected chi connectivity index (χ4v) is 2.70. The third-order valence-corrected chi connectivity index (χ3v) is 4.10. The first-order valence-electron chi connectivity index (χ1n) is 7.52. The molecule has 0 radical (unpaired) electrons. The van der Waals surface area contributed by atoms with E-state index in [9.17, 15) is 0 Å². The van der Waals surface area contributed by atoms with Crippen molar-refractivity contribution < 1.29 is 0 Å². The lowest BCUT2D eigenvalue weighted by Gasteiger charge is -2.13. The maximum absolute atomic E-state index is 5.82. The second-order valence-corrected chi connectivity index (χ2v) is 5.55. The molecule has 1 aromatic carbocycles.